The minimum Gasteiger partial charge on any atom is -0.315 e. The maximum absolute atomic E-state index is 3.55. The van der Waals surface area contributed by atoms with Gasteiger partial charge in [-0.3, -0.25) is 4.90 Å². The topological polar surface area (TPSA) is 15.3 Å². The van der Waals surface area contributed by atoms with E-state index < -0.39 is 0 Å². The molecule has 1 aliphatic heterocycles. The molecule has 0 radical (unpaired) electrons. The first-order valence-electron chi connectivity index (χ1n) is 5.88. The van der Waals surface area contributed by atoms with Crippen molar-refractivity contribution in [1.29, 1.82) is 0 Å². The molecule has 0 spiro atoms. The monoisotopic (exact) mass is 182 g/mol. The van der Waals surface area contributed by atoms with E-state index in [2.05, 4.69) is 17.1 Å². The summed E-state index contributed by atoms with van der Waals surface area (Å²) >= 11 is 0. The average Bonchev–Trinajstić information content (AvgIpc) is 2.92. The first kappa shape index (κ1) is 9.47. The Morgan fingerprint density at radius 2 is 2.00 bits per heavy atom. The minimum absolute atomic E-state index is 0.833. The van der Waals surface area contributed by atoms with Crippen molar-refractivity contribution in [1.82, 2.24) is 10.2 Å². The zero-order valence-corrected chi connectivity index (χ0v) is 8.76. The van der Waals surface area contributed by atoms with E-state index in [-0.39, 0.29) is 0 Å². The van der Waals surface area contributed by atoms with Gasteiger partial charge in [-0.15, -0.1) is 0 Å². The number of rotatable bonds is 3. The Hall–Kier alpha value is -0.0800. The van der Waals surface area contributed by atoms with Crippen LogP contribution in [0.1, 0.15) is 39.0 Å². The van der Waals surface area contributed by atoms with Crippen LogP contribution < -0.4 is 5.32 Å². The summed E-state index contributed by atoms with van der Waals surface area (Å²) in [4.78, 5) is 2.72. The predicted octanol–water partition coefficient (Wildman–Crippen LogP) is 1.61. The lowest BCUT2D eigenvalue weighted by Crippen LogP contribution is -2.42. The number of likely N-dealkylation sites (N-methyl/N-ethyl adjacent to an activating group) is 1. The largest absolute Gasteiger partial charge is 0.315 e. The van der Waals surface area contributed by atoms with Crippen LogP contribution in [0.25, 0.3) is 0 Å². The van der Waals surface area contributed by atoms with Crippen LogP contribution in [0.3, 0.4) is 0 Å². The Morgan fingerprint density at radius 1 is 1.15 bits per heavy atom. The van der Waals surface area contributed by atoms with Gasteiger partial charge in [-0.05, 0) is 38.8 Å². The molecule has 0 aromatic heterocycles. The molecule has 2 rings (SSSR count). The summed E-state index contributed by atoms with van der Waals surface area (Å²) in [6.07, 6.45) is 7.10. The van der Waals surface area contributed by atoms with Crippen molar-refractivity contribution in [3.63, 3.8) is 0 Å². The van der Waals surface area contributed by atoms with Gasteiger partial charge in [0.25, 0.3) is 0 Å². The fourth-order valence-corrected chi connectivity index (χ4v) is 2.50. The highest BCUT2D eigenvalue weighted by Crippen LogP contribution is 2.29. The van der Waals surface area contributed by atoms with Crippen molar-refractivity contribution in [2.24, 2.45) is 0 Å². The van der Waals surface area contributed by atoms with Gasteiger partial charge in [0.15, 0.2) is 0 Å². The van der Waals surface area contributed by atoms with Gasteiger partial charge in [0.2, 0.25) is 0 Å². The Kier molecular flexibility index (Phi) is 3.23. The Balaban J connectivity index is 1.87. The summed E-state index contributed by atoms with van der Waals surface area (Å²) in [5.41, 5.74) is 0. The second-order valence-electron chi connectivity index (χ2n) is 4.42. The summed E-state index contributed by atoms with van der Waals surface area (Å²) in [6.45, 7) is 6.02. The van der Waals surface area contributed by atoms with Crippen molar-refractivity contribution >= 4 is 0 Å². The van der Waals surface area contributed by atoms with Crippen molar-refractivity contribution in [2.75, 3.05) is 19.6 Å². The van der Waals surface area contributed by atoms with Crippen LogP contribution in [0.4, 0.5) is 0 Å². The molecule has 1 heterocycles. The van der Waals surface area contributed by atoms with Crippen molar-refractivity contribution in [3.8, 4) is 0 Å². The van der Waals surface area contributed by atoms with Crippen LogP contribution in [-0.2, 0) is 0 Å². The maximum Gasteiger partial charge on any atom is 0.0223 e. The molecule has 2 aliphatic rings. The highest BCUT2D eigenvalue weighted by molar-refractivity contribution is 4.89. The van der Waals surface area contributed by atoms with E-state index in [0.29, 0.717) is 0 Å². The van der Waals surface area contributed by atoms with E-state index in [1.165, 1.54) is 51.7 Å². The maximum atomic E-state index is 3.55. The van der Waals surface area contributed by atoms with Gasteiger partial charge in [-0.2, -0.15) is 0 Å². The molecule has 1 N–H and O–H groups in total. The third-order valence-corrected chi connectivity index (χ3v) is 3.37. The fourth-order valence-electron chi connectivity index (χ4n) is 2.50. The first-order valence-corrected chi connectivity index (χ1v) is 5.88. The van der Waals surface area contributed by atoms with Gasteiger partial charge >= 0.3 is 0 Å². The smallest absolute Gasteiger partial charge is 0.0223 e. The molecule has 1 atom stereocenters. The molecule has 2 fully saturated rings. The molecule has 0 amide bonds. The highest BCUT2D eigenvalue weighted by Gasteiger charge is 2.32. The van der Waals surface area contributed by atoms with E-state index in [1.54, 1.807) is 0 Å². The molecule has 1 unspecified atom stereocenters. The molecule has 0 aromatic carbocycles. The fraction of sp³-hybridized carbons (Fsp3) is 1.00. The van der Waals surface area contributed by atoms with Gasteiger partial charge in [0.05, 0.1) is 0 Å². The molecular formula is C11H22N2. The summed E-state index contributed by atoms with van der Waals surface area (Å²) in [7, 11) is 0. The number of nitrogens with zero attached hydrogens (tertiary/aromatic N) is 1. The van der Waals surface area contributed by atoms with Crippen molar-refractivity contribution in [2.45, 2.75) is 51.1 Å². The second kappa shape index (κ2) is 4.43. The zero-order chi connectivity index (χ0) is 9.10. The normalized spacial score (nSPS) is 30.5. The van der Waals surface area contributed by atoms with Gasteiger partial charge in [0, 0.05) is 18.6 Å². The van der Waals surface area contributed by atoms with Crippen LogP contribution in [0.5, 0.6) is 0 Å². The molecular weight excluding hydrogens is 160 g/mol. The number of hydrogen-bond acceptors (Lipinski definition) is 2. The molecule has 2 heteroatoms. The van der Waals surface area contributed by atoms with Crippen LogP contribution in [-0.4, -0.2) is 36.6 Å². The molecule has 1 aliphatic carbocycles. The molecule has 1 saturated carbocycles. The van der Waals surface area contributed by atoms with Crippen LogP contribution in [0, 0.1) is 0 Å². The summed E-state index contributed by atoms with van der Waals surface area (Å²) in [5, 5.41) is 3.55. The minimum atomic E-state index is 0.833. The molecule has 1 saturated heterocycles. The van der Waals surface area contributed by atoms with Gasteiger partial charge < -0.3 is 5.32 Å². The van der Waals surface area contributed by atoms with Crippen molar-refractivity contribution in [3.05, 3.63) is 0 Å². The molecule has 13 heavy (non-hydrogen) atoms. The molecule has 0 bridgehead atoms. The number of nitrogens with one attached hydrogen (secondary N) is 1. The van der Waals surface area contributed by atoms with E-state index in [1.807, 2.05) is 0 Å². The quantitative estimate of drug-likeness (QED) is 0.713. The van der Waals surface area contributed by atoms with Crippen LogP contribution in [0.2, 0.25) is 0 Å². The zero-order valence-electron chi connectivity index (χ0n) is 8.76. The summed E-state index contributed by atoms with van der Waals surface area (Å²) < 4.78 is 0. The van der Waals surface area contributed by atoms with E-state index >= 15 is 0 Å². The Labute approximate surface area is 81.7 Å². The molecule has 0 aromatic rings. The van der Waals surface area contributed by atoms with Crippen LogP contribution in [0.15, 0.2) is 0 Å². The molecule has 76 valence electrons. The lowest BCUT2D eigenvalue weighted by atomic mass is 10.1. The Morgan fingerprint density at radius 3 is 2.69 bits per heavy atom. The summed E-state index contributed by atoms with van der Waals surface area (Å²) in [6, 6.07) is 1.77. The lowest BCUT2D eigenvalue weighted by Gasteiger charge is -2.29. The lowest BCUT2D eigenvalue weighted by molar-refractivity contribution is 0.187. The first-order chi connectivity index (χ1) is 6.42. The average molecular weight is 182 g/mol. The van der Waals surface area contributed by atoms with Gasteiger partial charge in [-0.25, -0.2) is 0 Å². The highest BCUT2D eigenvalue weighted by atomic mass is 15.2. The third-order valence-electron chi connectivity index (χ3n) is 3.37. The Bertz CT molecular complexity index is 146. The standard InChI is InChI=1S/C11H22N2/c1-2-13(10-6-7-10)11-5-3-4-8-12-9-11/h10-12H,2-9H2,1H3. The third kappa shape index (κ3) is 2.44. The van der Waals surface area contributed by atoms with Gasteiger partial charge in [-0.1, -0.05) is 13.3 Å². The van der Waals surface area contributed by atoms with Gasteiger partial charge in [0.1, 0.15) is 0 Å². The summed E-state index contributed by atoms with van der Waals surface area (Å²) in [5.74, 6) is 0. The predicted molar refractivity (Wildman–Crippen MR) is 55.9 cm³/mol. The second-order valence-corrected chi connectivity index (χ2v) is 4.42. The SMILES string of the molecule is CCN(C1CC1)C1CCCCNC1. The number of hydrogen-bond donors (Lipinski definition) is 1. The van der Waals surface area contributed by atoms with E-state index in [4.69, 9.17) is 0 Å². The van der Waals surface area contributed by atoms with Crippen molar-refractivity contribution < 1.29 is 0 Å². The molecule has 2 nitrogen and oxygen atoms in total. The van der Waals surface area contributed by atoms with Crippen LogP contribution >= 0.6 is 0 Å². The van der Waals surface area contributed by atoms with E-state index in [0.717, 1.165) is 12.1 Å². The van der Waals surface area contributed by atoms with E-state index in [9.17, 15) is 0 Å².